The summed E-state index contributed by atoms with van der Waals surface area (Å²) in [4.78, 5) is 12.7. The van der Waals surface area contributed by atoms with E-state index < -0.39 is 10.1 Å². The van der Waals surface area contributed by atoms with Gasteiger partial charge in [-0.2, -0.15) is 8.42 Å². The zero-order valence-corrected chi connectivity index (χ0v) is 18.1. The van der Waals surface area contributed by atoms with Crippen molar-refractivity contribution >= 4 is 39.1 Å². The van der Waals surface area contributed by atoms with Gasteiger partial charge in [0.1, 0.15) is 0 Å². The van der Waals surface area contributed by atoms with Crippen LogP contribution < -0.4 is 0 Å². The Morgan fingerprint density at radius 3 is 2.57 bits per heavy atom. The van der Waals surface area contributed by atoms with Gasteiger partial charge in [-0.3, -0.25) is 8.98 Å². The molecule has 0 aliphatic rings. The van der Waals surface area contributed by atoms with Gasteiger partial charge in [0.2, 0.25) is 0 Å². The van der Waals surface area contributed by atoms with Crippen LogP contribution in [0.1, 0.15) is 54.1 Å². The third-order valence-electron chi connectivity index (χ3n) is 4.23. The van der Waals surface area contributed by atoms with Gasteiger partial charge in [0.25, 0.3) is 10.1 Å². The second-order valence-electron chi connectivity index (χ2n) is 6.55. The van der Waals surface area contributed by atoms with E-state index >= 15 is 0 Å². The Bertz CT molecular complexity index is 910. The van der Waals surface area contributed by atoms with Crippen LogP contribution in [0.3, 0.4) is 0 Å². The van der Waals surface area contributed by atoms with Crippen LogP contribution >= 0.6 is 23.2 Å². The highest BCUT2D eigenvalue weighted by molar-refractivity contribution is 7.86. The molecule has 2 aromatic rings. The number of hydrogen-bond acceptors (Lipinski definition) is 4. The molecule has 0 aromatic heterocycles. The molecule has 0 N–H and O–H groups in total. The van der Waals surface area contributed by atoms with Crippen LogP contribution in [0, 0.1) is 0 Å². The van der Waals surface area contributed by atoms with Gasteiger partial charge in [-0.1, -0.05) is 54.7 Å². The molecule has 4 nitrogen and oxygen atoms in total. The van der Waals surface area contributed by atoms with Crippen molar-refractivity contribution in [2.24, 2.45) is 0 Å². The summed E-state index contributed by atoms with van der Waals surface area (Å²) in [5.74, 6) is -0.186. The summed E-state index contributed by atoms with van der Waals surface area (Å²) in [5, 5.41) is 0.805. The third kappa shape index (κ3) is 7.21. The lowest BCUT2D eigenvalue weighted by atomic mass is 9.99. The summed E-state index contributed by atoms with van der Waals surface area (Å²) in [6.45, 7) is 2.23. The summed E-state index contributed by atoms with van der Waals surface area (Å²) in [5.41, 5.74) is 1.85. The molecule has 0 saturated carbocycles. The van der Waals surface area contributed by atoms with Crippen LogP contribution in [0.15, 0.2) is 42.5 Å². The Balaban J connectivity index is 1.93. The van der Waals surface area contributed by atoms with Crippen molar-refractivity contribution < 1.29 is 17.4 Å². The standard InChI is InChI=1S/C21H24Cl2O4S/c1-2-3-12-27-28(25,26)13-5-4-7-16-8-6-9-17(14-16)21(24)19-15-18(22)10-11-20(19)23/h6,8-11,14-15H,2-5,7,12-13H2,1H3. The number of aryl methyl sites for hydroxylation is 1. The summed E-state index contributed by atoms with van der Waals surface area (Å²) >= 11 is 12.1. The molecule has 0 aliphatic carbocycles. The van der Waals surface area contributed by atoms with Crippen LogP contribution in [0.4, 0.5) is 0 Å². The first-order valence-electron chi connectivity index (χ1n) is 9.28. The average Bonchev–Trinajstić information content (AvgIpc) is 2.67. The lowest BCUT2D eigenvalue weighted by Gasteiger charge is -2.08. The van der Waals surface area contributed by atoms with Crippen molar-refractivity contribution in [2.75, 3.05) is 12.4 Å². The molecule has 152 valence electrons. The maximum absolute atomic E-state index is 12.7. The van der Waals surface area contributed by atoms with Crippen LogP contribution in [0.25, 0.3) is 0 Å². The van der Waals surface area contributed by atoms with Crippen molar-refractivity contribution in [1.82, 2.24) is 0 Å². The van der Waals surface area contributed by atoms with Gasteiger partial charge in [0.15, 0.2) is 5.78 Å². The van der Waals surface area contributed by atoms with E-state index in [9.17, 15) is 13.2 Å². The Labute approximate surface area is 176 Å². The minimum atomic E-state index is -3.46. The van der Waals surface area contributed by atoms with Crippen LogP contribution in [-0.2, 0) is 20.7 Å². The van der Waals surface area contributed by atoms with E-state index in [1.54, 1.807) is 24.3 Å². The molecule has 0 aliphatic heterocycles. The van der Waals surface area contributed by atoms with E-state index in [1.807, 2.05) is 25.1 Å². The van der Waals surface area contributed by atoms with Crippen LogP contribution in [-0.4, -0.2) is 26.6 Å². The van der Waals surface area contributed by atoms with Crippen molar-refractivity contribution in [3.63, 3.8) is 0 Å². The normalized spacial score (nSPS) is 11.5. The lowest BCUT2D eigenvalue weighted by molar-refractivity contribution is 0.103. The Morgan fingerprint density at radius 2 is 1.82 bits per heavy atom. The molecular formula is C21H24Cl2O4S. The molecular weight excluding hydrogens is 419 g/mol. The molecule has 28 heavy (non-hydrogen) atoms. The number of benzene rings is 2. The topological polar surface area (TPSA) is 60.4 Å². The third-order valence-corrected chi connectivity index (χ3v) is 6.11. The number of halogens is 2. The van der Waals surface area contributed by atoms with E-state index in [4.69, 9.17) is 27.4 Å². The van der Waals surface area contributed by atoms with Gasteiger partial charge >= 0.3 is 0 Å². The monoisotopic (exact) mass is 442 g/mol. The van der Waals surface area contributed by atoms with Gasteiger partial charge in [0, 0.05) is 16.1 Å². The molecule has 2 aromatic carbocycles. The number of ketones is 1. The predicted octanol–water partition coefficient (Wildman–Crippen LogP) is 5.69. The fourth-order valence-electron chi connectivity index (χ4n) is 2.69. The van der Waals surface area contributed by atoms with E-state index in [-0.39, 0.29) is 18.1 Å². The Hall–Kier alpha value is -1.40. The van der Waals surface area contributed by atoms with Crippen LogP contribution in [0.5, 0.6) is 0 Å². The smallest absolute Gasteiger partial charge is 0.267 e. The van der Waals surface area contributed by atoms with Crippen molar-refractivity contribution in [1.29, 1.82) is 0 Å². The summed E-state index contributed by atoms with van der Waals surface area (Å²) < 4.78 is 28.5. The highest BCUT2D eigenvalue weighted by atomic mass is 35.5. The zero-order chi connectivity index (χ0) is 20.6. The Morgan fingerprint density at radius 1 is 1.04 bits per heavy atom. The quantitative estimate of drug-likeness (QED) is 0.254. The Kier molecular flexibility index (Phi) is 8.96. The molecule has 0 heterocycles. The van der Waals surface area contributed by atoms with Crippen LogP contribution in [0.2, 0.25) is 10.0 Å². The number of hydrogen-bond donors (Lipinski definition) is 0. The minimum absolute atomic E-state index is 0.00740. The maximum Gasteiger partial charge on any atom is 0.267 e. The fraction of sp³-hybridized carbons (Fsp3) is 0.381. The lowest BCUT2D eigenvalue weighted by Crippen LogP contribution is -2.11. The number of carbonyl (C=O) groups excluding carboxylic acids is 1. The van der Waals surface area contributed by atoms with Crippen molar-refractivity contribution in [2.45, 2.75) is 39.0 Å². The molecule has 0 bridgehead atoms. The average molecular weight is 443 g/mol. The fourth-order valence-corrected chi connectivity index (χ4v) is 4.11. The minimum Gasteiger partial charge on any atom is -0.289 e. The number of unbranched alkanes of at least 4 members (excludes halogenated alkanes) is 2. The van der Waals surface area contributed by atoms with Gasteiger partial charge in [-0.05, 0) is 55.5 Å². The van der Waals surface area contributed by atoms with E-state index in [0.29, 0.717) is 40.4 Å². The first-order chi connectivity index (χ1) is 13.3. The van der Waals surface area contributed by atoms with E-state index in [1.165, 1.54) is 0 Å². The molecule has 0 amide bonds. The predicted molar refractivity (Wildman–Crippen MR) is 114 cm³/mol. The molecule has 0 spiro atoms. The molecule has 0 atom stereocenters. The summed E-state index contributed by atoms with van der Waals surface area (Å²) in [6.07, 6.45) is 3.50. The SMILES string of the molecule is CCCCOS(=O)(=O)CCCCc1cccc(C(=O)c2cc(Cl)ccc2Cl)c1. The van der Waals surface area contributed by atoms with Gasteiger partial charge < -0.3 is 0 Å². The maximum atomic E-state index is 12.7. The zero-order valence-electron chi connectivity index (χ0n) is 15.8. The van der Waals surface area contributed by atoms with Gasteiger partial charge in [0.05, 0.1) is 17.4 Å². The van der Waals surface area contributed by atoms with Gasteiger partial charge in [-0.15, -0.1) is 0 Å². The molecule has 0 saturated heterocycles. The summed E-state index contributed by atoms with van der Waals surface area (Å²) in [7, 11) is -3.46. The van der Waals surface area contributed by atoms with Crippen molar-refractivity contribution in [3.05, 3.63) is 69.2 Å². The molecule has 0 radical (unpaired) electrons. The molecule has 7 heteroatoms. The largest absolute Gasteiger partial charge is 0.289 e. The van der Waals surface area contributed by atoms with Crippen molar-refractivity contribution in [3.8, 4) is 0 Å². The molecule has 0 fully saturated rings. The van der Waals surface area contributed by atoms with E-state index in [2.05, 4.69) is 0 Å². The number of carbonyl (C=O) groups is 1. The van der Waals surface area contributed by atoms with Gasteiger partial charge in [-0.25, -0.2) is 0 Å². The highest BCUT2D eigenvalue weighted by Crippen LogP contribution is 2.24. The summed E-state index contributed by atoms with van der Waals surface area (Å²) in [6, 6.07) is 12.1. The number of rotatable bonds is 11. The second kappa shape index (κ2) is 11.0. The first kappa shape index (κ1) is 22.9. The highest BCUT2D eigenvalue weighted by Gasteiger charge is 2.14. The second-order valence-corrected chi connectivity index (χ2v) is 9.15. The van der Waals surface area contributed by atoms with E-state index in [0.717, 1.165) is 18.4 Å². The molecule has 0 unspecified atom stereocenters. The first-order valence-corrected chi connectivity index (χ1v) is 11.6. The molecule has 2 rings (SSSR count).